The molecule has 11 nitrogen and oxygen atoms in total. The zero-order chi connectivity index (χ0) is 28.3. The van der Waals surface area contributed by atoms with Crippen molar-refractivity contribution in [1.29, 1.82) is 0 Å². The van der Waals surface area contributed by atoms with Crippen molar-refractivity contribution >= 4 is 34.8 Å². The van der Waals surface area contributed by atoms with Crippen LogP contribution in [0.1, 0.15) is 57.2 Å². The van der Waals surface area contributed by atoms with Crippen molar-refractivity contribution in [3.63, 3.8) is 0 Å². The van der Waals surface area contributed by atoms with Gasteiger partial charge in [-0.05, 0) is 31.2 Å². The summed E-state index contributed by atoms with van der Waals surface area (Å²) in [5.41, 5.74) is -0.922. The Morgan fingerprint density at radius 1 is 1.20 bits per heavy atom. The second-order valence-corrected chi connectivity index (χ2v) is 10.7. The van der Waals surface area contributed by atoms with E-state index in [0.29, 0.717) is 23.7 Å². The highest BCUT2D eigenvalue weighted by atomic mass is 19.1. The number of ether oxygens (including phenoxy) is 2. The van der Waals surface area contributed by atoms with Crippen molar-refractivity contribution in [2.24, 2.45) is 5.92 Å². The Balaban J connectivity index is 1.31. The molecule has 12 heteroatoms. The molecule has 0 radical (unpaired) electrons. The van der Waals surface area contributed by atoms with E-state index in [4.69, 9.17) is 9.47 Å². The number of aromatic nitrogens is 4. The quantitative estimate of drug-likeness (QED) is 0.339. The molecule has 3 aromatic rings. The predicted octanol–water partition coefficient (Wildman–Crippen LogP) is 3.55. The van der Waals surface area contributed by atoms with E-state index in [-0.39, 0.29) is 30.5 Å². The molecule has 1 saturated heterocycles. The number of fused-ring (bicyclic) bond motifs is 1. The minimum atomic E-state index is -2.26. The number of alkyl halides is 1. The molecular weight excluding hydrogens is 519 g/mol. The van der Waals surface area contributed by atoms with Crippen LogP contribution in [0.5, 0.6) is 0 Å². The average Bonchev–Trinajstić information content (AvgIpc) is 3.45. The summed E-state index contributed by atoms with van der Waals surface area (Å²) in [5.74, 6) is 0.0528. The zero-order valence-corrected chi connectivity index (χ0v) is 22.7. The van der Waals surface area contributed by atoms with Crippen LogP contribution in [0.15, 0.2) is 36.7 Å². The molecular formula is C28H35FN6O5. The van der Waals surface area contributed by atoms with Crippen LogP contribution in [-0.2, 0) is 25.5 Å². The van der Waals surface area contributed by atoms with E-state index in [1.165, 1.54) is 24.2 Å². The Bertz CT molecular complexity index is 1340. The number of anilines is 2. The molecule has 3 heterocycles. The van der Waals surface area contributed by atoms with Crippen molar-refractivity contribution in [3.05, 3.63) is 42.2 Å². The molecule has 214 valence electrons. The van der Waals surface area contributed by atoms with Gasteiger partial charge in [0.25, 0.3) is 0 Å². The normalized spacial score (nSPS) is 25.1. The molecule has 2 fully saturated rings. The smallest absolute Gasteiger partial charge is 0.310 e. The number of hydrogen-bond donors (Lipinski definition) is 3. The predicted molar refractivity (Wildman–Crippen MR) is 145 cm³/mol. The number of nitrogens with one attached hydrogen (secondary N) is 2. The summed E-state index contributed by atoms with van der Waals surface area (Å²) >= 11 is 0. The maximum absolute atomic E-state index is 15.9. The van der Waals surface area contributed by atoms with Crippen LogP contribution in [0.4, 0.5) is 16.2 Å². The van der Waals surface area contributed by atoms with Crippen LogP contribution in [0.3, 0.4) is 0 Å². The number of imidazole rings is 1. The van der Waals surface area contributed by atoms with Crippen LogP contribution in [0, 0.1) is 5.92 Å². The van der Waals surface area contributed by atoms with Crippen LogP contribution >= 0.6 is 0 Å². The molecule has 0 spiro atoms. The molecule has 2 aliphatic rings. The van der Waals surface area contributed by atoms with E-state index in [2.05, 4.69) is 25.6 Å². The number of hydrogen-bond acceptors (Lipinski definition) is 9. The van der Waals surface area contributed by atoms with E-state index in [1.807, 2.05) is 18.2 Å². The molecule has 1 aromatic carbocycles. The first-order valence-corrected chi connectivity index (χ1v) is 13.7. The van der Waals surface area contributed by atoms with Crippen molar-refractivity contribution in [2.75, 3.05) is 24.3 Å². The Labute approximate surface area is 231 Å². The maximum Gasteiger partial charge on any atom is 0.310 e. The number of aliphatic hydroxyl groups excluding tert-OH is 1. The number of carbonyl (C=O) groups is 2. The van der Waals surface area contributed by atoms with Gasteiger partial charge in [-0.15, -0.1) is 0 Å². The Morgan fingerprint density at radius 3 is 2.67 bits per heavy atom. The molecule has 4 atom stereocenters. The lowest BCUT2D eigenvalue weighted by molar-refractivity contribution is -0.149. The first kappa shape index (κ1) is 27.9. The molecule has 40 heavy (non-hydrogen) atoms. The first-order valence-electron chi connectivity index (χ1n) is 13.7. The second kappa shape index (κ2) is 11.8. The lowest BCUT2D eigenvalue weighted by atomic mass is 9.87. The number of rotatable bonds is 9. The summed E-state index contributed by atoms with van der Waals surface area (Å²) in [5, 5.41) is 16.5. The van der Waals surface area contributed by atoms with Gasteiger partial charge < -0.3 is 19.9 Å². The number of halogens is 1. The summed E-state index contributed by atoms with van der Waals surface area (Å²) < 4.78 is 28.5. The fraction of sp³-hybridized carbons (Fsp3) is 0.536. The molecule has 3 N–H and O–H groups in total. The Hall–Kier alpha value is -3.64. The largest absolute Gasteiger partial charge is 0.463 e. The van der Waals surface area contributed by atoms with Gasteiger partial charge in [-0.1, -0.05) is 49.6 Å². The molecule has 0 bridgehead atoms. The topological polar surface area (TPSA) is 140 Å². The number of aliphatic hydroxyl groups is 1. The van der Waals surface area contributed by atoms with E-state index < -0.39 is 30.1 Å². The summed E-state index contributed by atoms with van der Waals surface area (Å²) in [6.45, 7) is 0.891. The van der Waals surface area contributed by atoms with Gasteiger partial charge in [0.15, 0.2) is 28.9 Å². The van der Waals surface area contributed by atoms with Gasteiger partial charge in [0.05, 0.1) is 12.7 Å². The van der Waals surface area contributed by atoms with Crippen molar-refractivity contribution in [3.8, 4) is 0 Å². The number of benzene rings is 1. The van der Waals surface area contributed by atoms with Crippen LogP contribution in [0.2, 0.25) is 0 Å². The summed E-state index contributed by atoms with van der Waals surface area (Å²) in [7, 11) is 1.66. The molecule has 1 aliphatic heterocycles. The third kappa shape index (κ3) is 5.92. The van der Waals surface area contributed by atoms with Crippen molar-refractivity contribution in [2.45, 2.75) is 76.0 Å². The van der Waals surface area contributed by atoms with Crippen LogP contribution in [0.25, 0.3) is 11.2 Å². The highest BCUT2D eigenvalue weighted by Gasteiger charge is 2.55. The minimum Gasteiger partial charge on any atom is -0.463 e. The van der Waals surface area contributed by atoms with E-state index in [1.54, 1.807) is 19.2 Å². The average molecular weight is 555 g/mol. The van der Waals surface area contributed by atoms with Crippen molar-refractivity contribution < 1.29 is 28.6 Å². The molecule has 1 amide bonds. The first-order chi connectivity index (χ1) is 19.3. The summed E-state index contributed by atoms with van der Waals surface area (Å²) in [6.07, 6.45) is 3.29. The highest BCUT2D eigenvalue weighted by molar-refractivity contribution is 5.91. The van der Waals surface area contributed by atoms with E-state index >= 15 is 4.39 Å². The van der Waals surface area contributed by atoms with E-state index in [0.717, 1.165) is 31.2 Å². The van der Waals surface area contributed by atoms with Gasteiger partial charge in [-0.2, -0.15) is 9.97 Å². The van der Waals surface area contributed by atoms with Crippen LogP contribution < -0.4 is 10.6 Å². The SMILES string of the molecule is CNc1nc(NC(=O)CC2CCCCC2)nc2c1ncn2[C@@H]1O[C@H](COC(=O)Cc2ccccc2)[C@@H](O)[C@@]1(C)F. The molecule has 5 rings (SSSR count). The van der Waals surface area contributed by atoms with Crippen molar-refractivity contribution in [1.82, 2.24) is 19.5 Å². The highest BCUT2D eigenvalue weighted by Crippen LogP contribution is 2.43. The number of esters is 1. The number of nitrogens with zero attached hydrogens (tertiary/aromatic N) is 4. The summed E-state index contributed by atoms with van der Waals surface area (Å²) in [6, 6.07) is 9.08. The van der Waals surface area contributed by atoms with Gasteiger partial charge in [-0.25, -0.2) is 9.37 Å². The molecule has 2 aromatic heterocycles. The van der Waals surface area contributed by atoms with Gasteiger partial charge >= 0.3 is 5.97 Å². The van der Waals surface area contributed by atoms with Gasteiger partial charge in [0.1, 0.15) is 18.8 Å². The lowest BCUT2D eigenvalue weighted by Gasteiger charge is -2.24. The summed E-state index contributed by atoms with van der Waals surface area (Å²) in [4.78, 5) is 38.2. The fourth-order valence-electron chi connectivity index (χ4n) is 5.49. The Kier molecular flexibility index (Phi) is 8.27. The molecule has 0 unspecified atom stereocenters. The number of carbonyl (C=O) groups excluding carboxylic acids is 2. The fourth-order valence-corrected chi connectivity index (χ4v) is 5.49. The van der Waals surface area contributed by atoms with Gasteiger partial charge in [-0.3, -0.25) is 19.5 Å². The van der Waals surface area contributed by atoms with Gasteiger partial charge in [0.2, 0.25) is 11.9 Å². The van der Waals surface area contributed by atoms with E-state index in [9.17, 15) is 14.7 Å². The second-order valence-electron chi connectivity index (χ2n) is 10.7. The monoisotopic (exact) mass is 554 g/mol. The minimum absolute atomic E-state index is 0.0467. The maximum atomic E-state index is 15.9. The third-order valence-corrected chi connectivity index (χ3v) is 7.68. The lowest BCUT2D eigenvalue weighted by Crippen LogP contribution is -2.41. The van der Waals surface area contributed by atoms with Crippen LogP contribution in [-0.4, -0.2) is 68.0 Å². The zero-order valence-electron chi connectivity index (χ0n) is 22.7. The van der Waals surface area contributed by atoms with Gasteiger partial charge in [0, 0.05) is 13.5 Å². The number of amides is 1. The third-order valence-electron chi connectivity index (χ3n) is 7.68. The Morgan fingerprint density at radius 2 is 1.95 bits per heavy atom. The molecule has 1 aliphatic carbocycles. The standard InChI is InChI=1S/C28H35FN6O5/c1-28(29)23(38)19(15-39-21(37)14-18-11-7-4-8-12-18)40-26(28)35-16-31-22-24(30-2)33-27(34-25(22)35)32-20(36)13-17-9-5-3-6-10-17/h4,7-8,11-12,16-17,19,23,26,38H,3,5-6,9-10,13-15H2,1-2H3,(H2,30,32,33,34,36)/t19-,23-,26-,28-/m1/s1. The molecule has 1 saturated carbocycles.